The number of hydrogen-bond donors (Lipinski definition) is 0. The summed E-state index contributed by atoms with van der Waals surface area (Å²) >= 11 is 7.00. The molecule has 1 heterocycles. The van der Waals surface area contributed by atoms with Gasteiger partial charge in [-0.15, -0.1) is 0 Å². The number of alkyl halides is 2. The molecule has 0 aliphatic carbocycles. The Labute approximate surface area is 66.0 Å². The fourth-order valence-electron chi connectivity index (χ4n) is 0.697. The van der Waals surface area contributed by atoms with Gasteiger partial charge in [0.25, 0.3) is 0 Å². The van der Waals surface area contributed by atoms with Crippen molar-refractivity contribution in [1.29, 1.82) is 0 Å². The van der Waals surface area contributed by atoms with E-state index in [0.29, 0.717) is 6.10 Å². The molecule has 1 aliphatic heterocycles. The lowest BCUT2D eigenvalue weighted by Crippen LogP contribution is -2.20. The molecule has 0 aromatic rings. The van der Waals surface area contributed by atoms with E-state index in [1.165, 1.54) is 0 Å². The van der Waals surface area contributed by atoms with E-state index < -0.39 is 0 Å². The van der Waals surface area contributed by atoms with Gasteiger partial charge in [0.15, 0.2) is 0 Å². The first-order chi connectivity index (χ1) is 3.63. The van der Waals surface area contributed by atoms with Crippen LogP contribution in [-0.4, -0.2) is 15.9 Å². The van der Waals surface area contributed by atoms with Crippen LogP contribution in [0.15, 0.2) is 0 Å². The predicted octanol–water partition coefficient (Wildman–Crippen LogP) is 2.28. The zero-order chi connectivity index (χ0) is 6.20. The largest absolute Gasteiger partial charge is 0.376 e. The van der Waals surface area contributed by atoms with Crippen LogP contribution in [0.1, 0.15) is 13.3 Å². The molecule has 1 atom stereocenters. The van der Waals surface area contributed by atoms with Crippen molar-refractivity contribution in [3.8, 4) is 0 Å². The smallest absolute Gasteiger partial charge is 0.108 e. The SMILES string of the molecule is CC1OCCC1(Br)Br. The maximum atomic E-state index is 5.27. The molecule has 8 heavy (non-hydrogen) atoms. The van der Waals surface area contributed by atoms with E-state index in [9.17, 15) is 0 Å². The van der Waals surface area contributed by atoms with Gasteiger partial charge in [-0.3, -0.25) is 0 Å². The summed E-state index contributed by atoms with van der Waals surface area (Å²) in [5.41, 5.74) is 0. The van der Waals surface area contributed by atoms with E-state index in [0.717, 1.165) is 13.0 Å². The molecule has 3 heteroatoms. The van der Waals surface area contributed by atoms with Gasteiger partial charge in [0.1, 0.15) is 3.23 Å². The molecule has 0 N–H and O–H groups in total. The van der Waals surface area contributed by atoms with Gasteiger partial charge < -0.3 is 4.74 Å². The Bertz CT molecular complexity index is 92.4. The molecule has 48 valence electrons. The average molecular weight is 244 g/mol. The molecular formula is C5H8Br2O. The fourth-order valence-corrected chi connectivity index (χ4v) is 1.29. The third kappa shape index (κ3) is 1.25. The second-order valence-corrected chi connectivity index (χ2v) is 5.92. The quantitative estimate of drug-likeness (QED) is 0.594. The standard InChI is InChI=1S/C5H8Br2O/c1-4-5(6,7)2-3-8-4/h4H,2-3H2,1H3. The van der Waals surface area contributed by atoms with Gasteiger partial charge in [-0.25, -0.2) is 0 Å². The van der Waals surface area contributed by atoms with Gasteiger partial charge in [-0.1, -0.05) is 31.9 Å². The predicted molar refractivity (Wildman–Crippen MR) is 40.6 cm³/mol. The van der Waals surface area contributed by atoms with Gasteiger partial charge in [-0.2, -0.15) is 0 Å². The molecule has 0 spiro atoms. The fraction of sp³-hybridized carbons (Fsp3) is 1.00. The summed E-state index contributed by atoms with van der Waals surface area (Å²) in [6.45, 7) is 2.91. The van der Waals surface area contributed by atoms with Crippen LogP contribution >= 0.6 is 31.9 Å². The molecule has 0 amide bonds. The molecule has 0 aromatic carbocycles. The van der Waals surface area contributed by atoms with Crippen LogP contribution in [-0.2, 0) is 4.74 Å². The summed E-state index contributed by atoms with van der Waals surface area (Å²) in [6.07, 6.45) is 1.34. The summed E-state index contributed by atoms with van der Waals surface area (Å²) in [4.78, 5) is 0. The Hall–Kier alpha value is 0.920. The van der Waals surface area contributed by atoms with Gasteiger partial charge in [0, 0.05) is 6.61 Å². The van der Waals surface area contributed by atoms with Crippen LogP contribution in [0.5, 0.6) is 0 Å². The molecule has 1 rings (SSSR count). The van der Waals surface area contributed by atoms with E-state index in [2.05, 4.69) is 38.8 Å². The van der Waals surface area contributed by atoms with Crippen LogP contribution in [0.2, 0.25) is 0 Å². The molecule has 1 nitrogen and oxygen atoms in total. The van der Waals surface area contributed by atoms with E-state index in [-0.39, 0.29) is 3.23 Å². The lowest BCUT2D eigenvalue weighted by molar-refractivity contribution is 0.125. The molecule has 0 radical (unpaired) electrons. The minimum atomic E-state index is 0.0556. The van der Waals surface area contributed by atoms with Gasteiger partial charge >= 0.3 is 0 Å². The normalized spacial score (nSPS) is 35.6. The molecular weight excluding hydrogens is 236 g/mol. The zero-order valence-electron chi connectivity index (χ0n) is 4.66. The third-order valence-electron chi connectivity index (χ3n) is 1.40. The summed E-state index contributed by atoms with van der Waals surface area (Å²) < 4.78 is 5.33. The Kier molecular flexibility index (Phi) is 2.00. The first kappa shape index (κ1) is 7.03. The minimum Gasteiger partial charge on any atom is -0.376 e. The lowest BCUT2D eigenvalue weighted by atomic mass is 10.3. The highest BCUT2D eigenvalue weighted by Gasteiger charge is 2.35. The number of halogens is 2. The summed E-state index contributed by atoms with van der Waals surface area (Å²) in [7, 11) is 0. The first-order valence-corrected chi connectivity index (χ1v) is 4.21. The summed E-state index contributed by atoms with van der Waals surface area (Å²) in [5, 5.41) is 0. The molecule has 1 unspecified atom stereocenters. The second-order valence-electron chi connectivity index (χ2n) is 2.02. The molecule has 0 bridgehead atoms. The van der Waals surface area contributed by atoms with E-state index >= 15 is 0 Å². The third-order valence-corrected chi connectivity index (χ3v) is 3.48. The zero-order valence-corrected chi connectivity index (χ0v) is 7.83. The van der Waals surface area contributed by atoms with Crippen LogP contribution < -0.4 is 0 Å². The van der Waals surface area contributed by atoms with Crippen molar-refractivity contribution >= 4 is 31.9 Å². The molecule has 0 aromatic heterocycles. The minimum absolute atomic E-state index is 0.0556. The molecule has 1 aliphatic rings. The van der Waals surface area contributed by atoms with Crippen molar-refractivity contribution in [1.82, 2.24) is 0 Å². The maximum absolute atomic E-state index is 5.27. The van der Waals surface area contributed by atoms with E-state index in [1.807, 2.05) is 0 Å². The highest BCUT2D eigenvalue weighted by molar-refractivity contribution is 9.25. The van der Waals surface area contributed by atoms with Crippen molar-refractivity contribution in [3.63, 3.8) is 0 Å². The highest BCUT2D eigenvalue weighted by Crippen LogP contribution is 2.39. The molecule has 0 saturated carbocycles. The summed E-state index contributed by atoms with van der Waals surface area (Å²) in [6, 6.07) is 0. The highest BCUT2D eigenvalue weighted by atomic mass is 79.9. The van der Waals surface area contributed by atoms with Crippen LogP contribution in [0, 0.1) is 0 Å². The molecule has 1 saturated heterocycles. The number of hydrogen-bond acceptors (Lipinski definition) is 1. The first-order valence-electron chi connectivity index (χ1n) is 2.62. The van der Waals surface area contributed by atoms with Crippen LogP contribution in [0.25, 0.3) is 0 Å². The van der Waals surface area contributed by atoms with E-state index in [1.54, 1.807) is 0 Å². The Morgan fingerprint density at radius 3 is 2.38 bits per heavy atom. The topological polar surface area (TPSA) is 9.23 Å². The van der Waals surface area contributed by atoms with Crippen LogP contribution in [0.3, 0.4) is 0 Å². The number of ether oxygens (including phenoxy) is 1. The molecule has 1 fully saturated rings. The van der Waals surface area contributed by atoms with Crippen molar-refractivity contribution in [2.75, 3.05) is 6.61 Å². The Morgan fingerprint density at radius 2 is 2.25 bits per heavy atom. The second kappa shape index (κ2) is 2.27. The average Bonchev–Trinajstić information content (AvgIpc) is 1.86. The van der Waals surface area contributed by atoms with Gasteiger partial charge in [0.05, 0.1) is 6.10 Å². The monoisotopic (exact) mass is 242 g/mol. The Morgan fingerprint density at radius 1 is 1.62 bits per heavy atom. The number of rotatable bonds is 0. The van der Waals surface area contributed by atoms with Crippen molar-refractivity contribution in [3.05, 3.63) is 0 Å². The Balaban J connectivity index is 2.54. The van der Waals surface area contributed by atoms with E-state index in [4.69, 9.17) is 4.74 Å². The van der Waals surface area contributed by atoms with Crippen molar-refractivity contribution in [2.24, 2.45) is 0 Å². The van der Waals surface area contributed by atoms with Gasteiger partial charge in [0.2, 0.25) is 0 Å². The maximum Gasteiger partial charge on any atom is 0.108 e. The van der Waals surface area contributed by atoms with Gasteiger partial charge in [-0.05, 0) is 13.3 Å². The van der Waals surface area contributed by atoms with Crippen LogP contribution in [0.4, 0.5) is 0 Å². The lowest BCUT2D eigenvalue weighted by Gasteiger charge is -2.15. The summed E-state index contributed by atoms with van der Waals surface area (Å²) in [5.74, 6) is 0. The van der Waals surface area contributed by atoms with Crippen molar-refractivity contribution < 1.29 is 4.74 Å². The van der Waals surface area contributed by atoms with Crippen molar-refractivity contribution in [2.45, 2.75) is 22.7 Å².